The average Bonchev–Trinajstić information content (AvgIpc) is 2.68. The lowest BCUT2D eigenvalue weighted by atomic mass is 10.0. The van der Waals surface area contributed by atoms with Gasteiger partial charge in [-0.25, -0.2) is 13.2 Å². The third-order valence-corrected chi connectivity index (χ3v) is 4.63. The van der Waals surface area contributed by atoms with E-state index in [9.17, 15) is 26.4 Å². The number of nitrogens with zero attached hydrogens (tertiary/aromatic N) is 2. The van der Waals surface area contributed by atoms with Crippen LogP contribution in [0.2, 0.25) is 0 Å². The summed E-state index contributed by atoms with van der Waals surface area (Å²) in [4.78, 5) is 18.8. The predicted molar refractivity (Wildman–Crippen MR) is 97.9 cm³/mol. The van der Waals surface area contributed by atoms with Crippen molar-refractivity contribution < 1.29 is 40.6 Å². The molecule has 0 amide bonds. The van der Waals surface area contributed by atoms with Gasteiger partial charge in [-0.1, -0.05) is 24.3 Å². The Morgan fingerprint density at radius 1 is 1.17 bits per heavy atom. The van der Waals surface area contributed by atoms with Gasteiger partial charge in [-0.15, -0.1) is 0 Å². The molecule has 0 saturated carbocycles. The predicted octanol–water partition coefficient (Wildman–Crippen LogP) is 2.64. The zero-order chi connectivity index (χ0) is 22.5. The van der Waals surface area contributed by atoms with Crippen LogP contribution in [0.15, 0.2) is 41.6 Å². The largest absolute Gasteiger partial charge is 0.503 e. The number of sulfone groups is 1. The second-order valence-electron chi connectivity index (χ2n) is 5.85. The Hall–Kier alpha value is -3.15. The molecule has 0 N–H and O–H groups in total. The Morgan fingerprint density at radius 2 is 1.83 bits per heavy atom. The lowest BCUT2D eigenvalue weighted by Gasteiger charge is -2.13. The van der Waals surface area contributed by atoms with Gasteiger partial charge < -0.3 is 14.2 Å². The number of rotatable bonds is 7. The fourth-order valence-electron chi connectivity index (χ4n) is 2.30. The van der Waals surface area contributed by atoms with Gasteiger partial charge in [0, 0.05) is 12.3 Å². The number of hydrogen-bond donors (Lipinski definition) is 0. The highest BCUT2D eigenvalue weighted by atomic mass is 32.2. The van der Waals surface area contributed by atoms with Crippen molar-refractivity contribution in [3.05, 3.63) is 53.4 Å². The normalized spacial score (nSPS) is 12.4. The van der Waals surface area contributed by atoms with Gasteiger partial charge in [-0.05, 0) is 11.1 Å². The summed E-state index contributed by atoms with van der Waals surface area (Å²) in [6.45, 7) is -0.362. The lowest BCUT2D eigenvalue weighted by Crippen LogP contribution is -2.14. The molecule has 0 fully saturated rings. The molecule has 0 atom stereocenters. The number of aromatic nitrogens is 2. The van der Waals surface area contributed by atoms with Gasteiger partial charge in [0.1, 0.15) is 12.2 Å². The van der Waals surface area contributed by atoms with Crippen molar-refractivity contribution in [1.29, 1.82) is 0 Å². The van der Waals surface area contributed by atoms with Crippen LogP contribution < -0.4 is 4.74 Å². The smallest absolute Gasteiger partial charge is 0.433 e. The fraction of sp³-hybridized carbons (Fsp3) is 0.278. The molecule has 2 rings (SSSR count). The second kappa shape index (κ2) is 9.11. The number of halogens is 3. The number of alkyl halides is 3. The van der Waals surface area contributed by atoms with Crippen LogP contribution in [-0.2, 0) is 36.9 Å². The Balaban J connectivity index is 2.43. The molecule has 12 heteroatoms. The maximum absolute atomic E-state index is 13.1. The average molecular weight is 446 g/mol. The minimum Gasteiger partial charge on any atom is -0.503 e. The molecule has 2 aromatic rings. The molecule has 0 aliphatic heterocycles. The number of carbonyl (C=O) groups excluding carboxylic acids is 1. The van der Waals surface area contributed by atoms with Crippen molar-refractivity contribution in [2.24, 2.45) is 0 Å². The van der Waals surface area contributed by atoms with Crippen LogP contribution in [0, 0.1) is 0 Å². The van der Waals surface area contributed by atoms with Crippen LogP contribution in [0.3, 0.4) is 0 Å². The van der Waals surface area contributed by atoms with Crippen LogP contribution in [-0.4, -0.2) is 44.8 Å². The molecular weight excluding hydrogens is 429 g/mol. The zero-order valence-electron chi connectivity index (χ0n) is 16.1. The van der Waals surface area contributed by atoms with Crippen LogP contribution in [0.25, 0.3) is 5.57 Å². The van der Waals surface area contributed by atoms with Gasteiger partial charge in [0.15, 0.2) is 20.6 Å². The highest BCUT2D eigenvalue weighted by Gasteiger charge is 2.35. The maximum atomic E-state index is 13.1. The molecule has 0 aliphatic carbocycles. The van der Waals surface area contributed by atoms with Gasteiger partial charge in [0.2, 0.25) is 0 Å². The van der Waals surface area contributed by atoms with E-state index >= 15 is 0 Å². The SMILES string of the molecule is CO/C=C(\C(=O)OC)c1ccccc1COc1nc(C(F)(F)F)cc(S(C)(=O)=O)n1. The number of ether oxygens (including phenoxy) is 3. The third-order valence-electron chi connectivity index (χ3n) is 3.66. The molecule has 0 unspecified atom stereocenters. The van der Waals surface area contributed by atoms with Crippen LogP contribution in [0.5, 0.6) is 6.01 Å². The molecule has 1 aromatic carbocycles. The highest BCUT2D eigenvalue weighted by Crippen LogP contribution is 2.30. The topological polar surface area (TPSA) is 105 Å². The first kappa shape index (κ1) is 23.1. The summed E-state index contributed by atoms with van der Waals surface area (Å²) >= 11 is 0. The Labute approximate surface area is 170 Å². The van der Waals surface area contributed by atoms with Crippen molar-refractivity contribution in [2.45, 2.75) is 17.8 Å². The molecule has 0 aliphatic rings. The highest BCUT2D eigenvalue weighted by molar-refractivity contribution is 7.90. The number of benzene rings is 1. The lowest BCUT2D eigenvalue weighted by molar-refractivity contribution is -0.141. The molecule has 162 valence electrons. The summed E-state index contributed by atoms with van der Waals surface area (Å²) in [5, 5.41) is -0.831. The van der Waals surface area contributed by atoms with E-state index < -0.39 is 38.7 Å². The molecule has 0 saturated heterocycles. The quantitative estimate of drug-likeness (QED) is 0.277. The van der Waals surface area contributed by atoms with E-state index in [-0.39, 0.29) is 12.2 Å². The minimum absolute atomic E-state index is 0.0426. The van der Waals surface area contributed by atoms with Gasteiger partial charge >= 0.3 is 18.2 Å². The van der Waals surface area contributed by atoms with E-state index in [0.717, 1.165) is 6.26 Å². The van der Waals surface area contributed by atoms with Gasteiger partial charge in [0.05, 0.1) is 20.5 Å². The molecule has 30 heavy (non-hydrogen) atoms. The Morgan fingerprint density at radius 3 is 2.40 bits per heavy atom. The minimum atomic E-state index is -4.91. The summed E-state index contributed by atoms with van der Waals surface area (Å²) in [6.07, 6.45) is -3.04. The van der Waals surface area contributed by atoms with E-state index in [0.29, 0.717) is 23.4 Å². The van der Waals surface area contributed by atoms with E-state index in [1.807, 2.05) is 0 Å². The van der Waals surface area contributed by atoms with Crippen LogP contribution in [0.4, 0.5) is 13.2 Å². The van der Waals surface area contributed by atoms with Gasteiger partial charge in [-0.2, -0.15) is 23.1 Å². The van der Waals surface area contributed by atoms with Gasteiger partial charge in [0.25, 0.3) is 0 Å². The van der Waals surface area contributed by atoms with Crippen molar-refractivity contribution in [3.8, 4) is 6.01 Å². The summed E-state index contributed by atoms with van der Waals surface area (Å²) in [6, 6.07) is 5.87. The number of hydrogen-bond acceptors (Lipinski definition) is 8. The van der Waals surface area contributed by atoms with Crippen molar-refractivity contribution in [2.75, 3.05) is 20.5 Å². The van der Waals surface area contributed by atoms with Crippen LogP contribution >= 0.6 is 0 Å². The molecular formula is C18H17F3N2O6S. The van der Waals surface area contributed by atoms with E-state index in [1.165, 1.54) is 14.2 Å². The summed E-state index contributed by atoms with van der Waals surface area (Å²) in [5.41, 5.74) is -0.716. The molecule has 0 radical (unpaired) electrons. The van der Waals surface area contributed by atoms with Crippen molar-refractivity contribution >= 4 is 21.4 Å². The first-order chi connectivity index (χ1) is 14.0. The van der Waals surface area contributed by atoms with Gasteiger partial charge in [-0.3, -0.25) is 0 Å². The van der Waals surface area contributed by atoms with Crippen molar-refractivity contribution in [3.63, 3.8) is 0 Å². The summed E-state index contributed by atoms with van der Waals surface area (Å²) in [5.74, 6) is -0.709. The number of methoxy groups -OCH3 is 2. The fourth-order valence-corrected chi connectivity index (χ4v) is 2.87. The standard InChI is InChI=1S/C18H17F3N2O6S/c1-27-10-13(16(24)28-2)12-7-5-4-6-11(12)9-29-17-22-14(18(19,20)21)8-15(23-17)30(3,25)26/h4-8,10H,9H2,1-3H3/b13-10-. The third kappa shape index (κ3) is 5.69. The number of carbonyl (C=O) groups is 1. The first-order valence-corrected chi connectivity index (χ1v) is 10.0. The monoisotopic (exact) mass is 446 g/mol. The van der Waals surface area contributed by atoms with Crippen molar-refractivity contribution in [1.82, 2.24) is 9.97 Å². The zero-order valence-corrected chi connectivity index (χ0v) is 16.9. The van der Waals surface area contributed by atoms with Crippen LogP contribution in [0.1, 0.15) is 16.8 Å². The molecule has 8 nitrogen and oxygen atoms in total. The second-order valence-corrected chi connectivity index (χ2v) is 7.81. The maximum Gasteiger partial charge on any atom is 0.433 e. The molecule has 1 heterocycles. The first-order valence-electron chi connectivity index (χ1n) is 8.16. The summed E-state index contributed by atoms with van der Waals surface area (Å²) < 4.78 is 77.4. The summed E-state index contributed by atoms with van der Waals surface area (Å²) in [7, 11) is -1.55. The molecule has 0 bridgehead atoms. The Kier molecular flexibility index (Phi) is 7.03. The van der Waals surface area contributed by atoms with E-state index in [1.54, 1.807) is 24.3 Å². The van der Waals surface area contributed by atoms with E-state index in [4.69, 9.17) is 14.2 Å². The molecule has 0 spiro atoms. The molecule has 1 aromatic heterocycles. The Bertz CT molecular complexity index is 1070. The number of esters is 1. The van der Waals surface area contributed by atoms with E-state index in [2.05, 4.69) is 9.97 Å².